The molecule has 0 amide bonds. The molecular formula is C19H27N5. The second-order valence-corrected chi connectivity index (χ2v) is 6.39. The summed E-state index contributed by atoms with van der Waals surface area (Å²) in [4.78, 5) is 7.11. The number of nitrogens with one attached hydrogen (secondary N) is 1. The molecule has 5 nitrogen and oxygen atoms in total. The molecule has 1 saturated heterocycles. The fourth-order valence-electron chi connectivity index (χ4n) is 3.23. The molecule has 1 aromatic carbocycles. The van der Waals surface area contributed by atoms with E-state index in [0.717, 1.165) is 37.3 Å². The summed E-state index contributed by atoms with van der Waals surface area (Å²) < 4.78 is 0. The maximum atomic E-state index is 4.59. The van der Waals surface area contributed by atoms with E-state index in [9.17, 15) is 0 Å². The number of benzene rings is 1. The molecule has 2 aromatic rings. The van der Waals surface area contributed by atoms with Gasteiger partial charge in [-0.05, 0) is 49.9 Å². The first-order chi connectivity index (χ1) is 11.8. The number of aryl methyl sites for hydroxylation is 2. The van der Waals surface area contributed by atoms with Crippen LogP contribution in [0.1, 0.15) is 49.2 Å². The summed E-state index contributed by atoms with van der Waals surface area (Å²) in [5.41, 5.74) is 4.67. The monoisotopic (exact) mass is 325 g/mol. The summed E-state index contributed by atoms with van der Waals surface area (Å²) in [5, 5.41) is 11.8. The second kappa shape index (κ2) is 8.20. The first kappa shape index (κ1) is 16.8. The fraction of sp³-hybridized carbons (Fsp3) is 0.526. The van der Waals surface area contributed by atoms with Crippen molar-refractivity contribution in [3.05, 3.63) is 46.8 Å². The van der Waals surface area contributed by atoms with Gasteiger partial charge in [0.2, 0.25) is 5.95 Å². The molecule has 0 radical (unpaired) electrons. The lowest BCUT2D eigenvalue weighted by atomic mass is 10.1. The van der Waals surface area contributed by atoms with Crippen molar-refractivity contribution in [2.45, 2.75) is 52.6 Å². The second-order valence-electron chi connectivity index (χ2n) is 6.39. The van der Waals surface area contributed by atoms with Crippen LogP contribution in [0.4, 0.5) is 5.95 Å². The first-order valence-corrected chi connectivity index (χ1v) is 9.05. The highest BCUT2D eigenvalue weighted by Gasteiger charge is 2.12. The Balaban J connectivity index is 1.61. The first-order valence-electron chi connectivity index (χ1n) is 9.05. The lowest BCUT2D eigenvalue weighted by Gasteiger charge is -2.15. The third kappa shape index (κ3) is 4.29. The summed E-state index contributed by atoms with van der Waals surface area (Å²) in [6.07, 6.45) is 4.43. The zero-order valence-electron chi connectivity index (χ0n) is 14.8. The van der Waals surface area contributed by atoms with Crippen LogP contribution in [0.15, 0.2) is 24.3 Å². The normalized spacial score (nSPS) is 14.9. The summed E-state index contributed by atoms with van der Waals surface area (Å²) in [6, 6.07) is 8.78. The Morgan fingerprint density at radius 3 is 2.50 bits per heavy atom. The minimum Gasteiger partial charge on any atom is -0.349 e. The van der Waals surface area contributed by atoms with E-state index in [2.05, 4.69) is 63.5 Å². The quantitative estimate of drug-likeness (QED) is 0.847. The third-order valence-electron chi connectivity index (χ3n) is 4.56. The van der Waals surface area contributed by atoms with Crippen LogP contribution < -0.4 is 5.32 Å². The predicted molar refractivity (Wildman–Crippen MR) is 96.9 cm³/mol. The van der Waals surface area contributed by atoms with Gasteiger partial charge in [-0.2, -0.15) is 5.10 Å². The number of hydrogen-bond donors (Lipinski definition) is 1. The predicted octanol–water partition coefficient (Wildman–Crippen LogP) is 3.20. The molecular weight excluding hydrogens is 298 g/mol. The van der Waals surface area contributed by atoms with Crippen molar-refractivity contribution in [2.24, 2.45) is 0 Å². The maximum Gasteiger partial charge on any atom is 0.243 e. The Morgan fingerprint density at radius 2 is 1.75 bits per heavy atom. The van der Waals surface area contributed by atoms with Crippen LogP contribution in [0, 0.1) is 0 Å². The van der Waals surface area contributed by atoms with Crippen molar-refractivity contribution in [2.75, 3.05) is 18.4 Å². The number of aromatic nitrogens is 3. The van der Waals surface area contributed by atoms with Gasteiger partial charge in [0.05, 0.1) is 11.4 Å². The van der Waals surface area contributed by atoms with Gasteiger partial charge in [0.15, 0.2) is 0 Å². The largest absolute Gasteiger partial charge is 0.349 e. The van der Waals surface area contributed by atoms with Crippen LogP contribution >= 0.6 is 0 Å². The highest BCUT2D eigenvalue weighted by molar-refractivity contribution is 5.30. The summed E-state index contributed by atoms with van der Waals surface area (Å²) in [5.74, 6) is 0.619. The van der Waals surface area contributed by atoms with E-state index in [1.807, 2.05) is 0 Å². The van der Waals surface area contributed by atoms with Crippen molar-refractivity contribution in [1.82, 2.24) is 20.1 Å². The molecule has 0 saturated carbocycles. The number of likely N-dealkylation sites (tertiary alicyclic amines) is 1. The zero-order valence-corrected chi connectivity index (χ0v) is 14.8. The smallest absolute Gasteiger partial charge is 0.243 e. The molecule has 2 heterocycles. The van der Waals surface area contributed by atoms with Crippen LogP contribution in [-0.2, 0) is 25.9 Å². The lowest BCUT2D eigenvalue weighted by Crippen LogP contribution is -2.18. The van der Waals surface area contributed by atoms with Crippen molar-refractivity contribution in [3.8, 4) is 0 Å². The molecule has 128 valence electrons. The van der Waals surface area contributed by atoms with E-state index >= 15 is 0 Å². The summed E-state index contributed by atoms with van der Waals surface area (Å²) in [6.45, 7) is 8.43. The molecule has 0 unspecified atom stereocenters. The van der Waals surface area contributed by atoms with Crippen LogP contribution in [0.5, 0.6) is 0 Å². The highest BCUT2D eigenvalue weighted by atomic mass is 15.2. The van der Waals surface area contributed by atoms with Gasteiger partial charge in [0.1, 0.15) is 0 Å². The molecule has 1 aromatic heterocycles. The Hall–Kier alpha value is -2.01. The highest BCUT2D eigenvalue weighted by Crippen LogP contribution is 2.14. The molecule has 5 heteroatoms. The van der Waals surface area contributed by atoms with Gasteiger partial charge in [-0.15, -0.1) is 5.10 Å². The molecule has 0 bridgehead atoms. The molecule has 1 fully saturated rings. The molecule has 1 aliphatic heterocycles. The number of anilines is 1. The van der Waals surface area contributed by atoms with Crippen LogP contribution in [0.2, 0.25) is 0 Å². The van der Waals surface area contributed by atoms with Gasteiger partial charge in [0.25, 0.3) is 0 Å². The van der Waals surface area contributed by atoms with Crippen LogP contribution in [0.25, 0.3) is 0 Å². The third-order valence-corrected chi connectivity index (χ3v) is 4.56. The Kier molecular flexibility index (Phi) is 5.75. The van der Waals surface area contributed by atoms with Crippen molar-refractivity contribution < 1.29 is 0 Å². The molecule has 0 spiro atoms. The van der Waals surface area contributed by atoms with E-state index in [1.165, 1.54) is 37.1 Å². The Bertz CT molecular complexity index is 665. The van der Waals surface area contributed by atoms with E-state index in [1.54, 1.807) is 0 Å². The Morgan fingerprint density at radius 1 is 1.00 bits per heavy atom. The van der Waals surface area contributed by atoms with Crippen molar-refractivity contribution in [3.63, 3.8) is 0 Å². The topological polar surface area (TPSA) is 53.9 Å². The van der Waals surface area contributed by atoms with Crippen molar-refractivity contribution in [1.29, 1.82) is 0 Å². The molecule has 1 N–H and O–H groups in total. The average Bonchev–Trinajstić information content (AvgIpc) is 3.13. The van der Waals surface area contributed by atoms with E-state index in [-0.39, 0.29) is 0 Å². The molecule has 24 heavy (non-hydrogen) atoms. The van der Waals surface area contributed by atoms with Gasteiger partial charge in [-0.25, -0.2) is 4.98 Å². The summed E-state index contributed by atoms with van der Waals surface area (Å²) in [7, 11) is 0. The Labute approximate surface area is 144 Å². The minimum atomic E-state index is 0.619. The standard InChI is InChI=1S/C19H27N5/c1-3-17-18(4-2)22-23-19(21-17)20-13-15-8-7-9-16(12-15)14-24-10-5-6-11-24/h7-9,12H,3-6,10-11,13-14H2,1-2H3,(H,20,21,23). The number of rotatable bonds is 7. The van der Waals surface area contributed by atoms with Crippen LogP contribution in [-0.4, -0.2) is 33.2 Å². The SMILES string of the molecule is CCc1nnc(NCc2cccc(CN3CCCC3)c2)nc1CC. The summed E-state index contributed by atoms with van der Waals surface area (Å²) >= 11 is 0. The van der Waals surface area contributed by atoms with Gasteiger partial charge in [0, 0.05) is 13.1 Å². The van der Waals surface area contributed by atoms with E-state index < -0.39 is 0 Å². The molecule has 1 aliphatic rings. The van der Waals surface area contributed by atoms with Gasteiger partial charge in [-0.3, -0.25) is 4.90 Å². The lowest BCUT2D eigenvalue weighted by molar-refractivity contribution is 0.331. The van der Waals surface area contributed by atoms with E-state index in [0.29, 0.717) is 5.95 Å². The van der Waals surface area contributed by atoms with Crippen molar-refractivity contribution >= 4 is 5.95 Å². The number of hydrogen-bond acceptors (Lipinski definition) is 5. The molecule has 0 atom stereocenters. The minimum absolute atomic E-state index is 0.619. The van der Waals surface area contributed by atoms with Gasteiger partial charge < -0.3 is 5.32 Å². The fourth-order valence-corrected chi connectivity index (χ4v) is 3.23. The number of nitrogens with zero attached hydrogens (tertiary/aromatic N) is 4. The van der Waals surface area contributed by atoms with Gasteiger partial charge in [-0.1, -0.05) is 38.1 Å². The maximum absolute atomic E-state index is 4.59. The molecule has 0 aliphatic carbocycles. The van der Waals surface area contributed by atoms with Crippen LogP contribution in [0.3, 0.4) is 0 Å². The zero-order chi connectivity index (χ0) is 16.8. The van der Waals surface area contributed by atoms with Gasteiger partial charge >= 0.3 is 0 Å². The average molecular weight is 325 g/mol. The molecule has 3 rings (SSSR count). The van der Waals surface area contributed by atoms with E-state index in [4.69, 9.17) is 0 Å².